The normalized spacial score (nSPS) is 10.1. The largest absolute Gasteiger partial charge is 0.476 e. The van der Waals surface area contributed by atoms with Crippen molar-refractivity contribution >= 4 is 23.2 Å². The smallest absolute Gasteiger partial charge is 0.355 e. The first-order chi connectivity index (χ1) is 9.15. The van der Waals surface area contributed by atoms with Gasteiger partial charge in [0.15, 0.2) is 5.69 Å². The summed E-state index contributed by atoms with van der Waals surface area (Å²) in [6.45, 7) is 0.238. The lowest BCUT2D eigenvalue weighted by atomic mass is 10.2. The lowest BCUT2D eigenvalue weighted by molar-refractivity contribution is -0.120. The van der Waals surface area contributed by atoms with Gasteiger partial charge in [0.25, 0.3) is 0 Å². The van der Waals surface area contributed by atoms with Gasteiger partial charge in [-0.25, -0.2) is 9.78 Å². The highest BCUT2D eigenvalue weighted by molar-refractivity contribution is 7.09. The van der Waals surface area contributed by atoms with E-state index < -0.39 is 5.97 Å². The van der Waals surface area contributed by atoms with Crippen LogP contribution in [0.5, 0.6) is 0 Å². The molecule has 0 radical (unpaired) electrons. The monoisotopic (exact) mass is 277 g/mol. The maximum Gasteiger partial charge on any atom is 0.355 e. The van der Waals surface area contributed by atoms with Crippen molar-refractivity contribution in [2.45, 2.75) is 13.0 Å². The molecule has 0 aliphatic rings. The van der Waals surface area contributed by atoms with Gasteiger partial charge in [-0.1, -0.05) is 0 Å². The lowest BCUT2D eigenvalue weighted by Gasteiger charge is -2.02. The zero-order valence-electron chi connectivity index (χ0n) is 9.87. The van der Waals surface area contributed by atoms with Gasteiger partial charge >= 0.3 is 5.97 Å². The number of nitrogens with zero attached hydrogens (tertiary/aromatic N) is 2. The molecule has 0 fully saturated rings. The molecule has 2 heterocycles. The van der Waals surface area contributed by atoms with Crippen LogP contribution in [0.25, 0.3) is 0 Å². The number of amides is 1. The molecule has 19 heavy (non-hydrogen) atoms. The molecule has 2 N–H and O–H groups in total. The number of carboxylic acids is 1. The third kappa shape index (κ3) is 3.85. The van der Waals surface area contributed by atoms with Crippen molar-refractivity contribution in [3.05, 3.63) is 46.2 Å². The van der Waals surface area contributed by atoms with E-state index in [0.717, 1.165) is 5.56 Å². The van der Waals surface area contributed by atoms with Crippen LogP contribution >= 0.6 is 11.3 Å². The highest BCUT2D eigenvalue weighted by Gasteiger charge is 2.09. The highest BCUT2D eigenvalue weighted by atomic mass is 32.1. The van der Waals surface area contributed by atoms with Gasteiger partial charge < -0.3 is 10.4 Å². The van der Waals surface area contributed by atoms with Gasteiger partial charge in [-0.05, 0) is 17.7 Å². The van der Waals surface area contributed by atoms with E-state index in [9.17, 15) is 9.59 Å². The Labute approximate surface area is 113 Å². The minimum Gasteiger partial charge on any atom is -0.476 e. The van der Waals surface area contributed by atoms with Crippen LogP contribution in [0.2, 0.25) is 0 Å². The predicted octanol–water partition coefficient (Wildman–Crippen LogP) is 1.10. The second-order valence-corrected chi connectivity index (χ2v) is 4.68. The van der Waals surface area contributed by atoms with Crippen molar-refractivity contribution < 1.29 is 14.7 Å². The number of pyridine rings is 1. The summed E-state index contributed by atoms with van der Waals surface area (Å²) in [5, 5.41) is 13.4. The van der Waals surface area contributed by atoms with Crippen molar-refractivity contribution in [2.24, 2.45) is 0 Å². The predicted molar refractivity (Wildman–Crippen MR) is 68.9 cm³/mol. The average Bonchev–Trinajstić information content (AvgIpc) is 2.86. The van der Waals surface area contributed by atoms with Crippen molar-refractivity contribution in [3.63, 3.8) is 0 Å². The van der Waals surface area contributed by atoms with E-state index in [0.29, 0.717) is 5.01 Å². The molecule has 0 saturated heterocycles. The van der Waals surface area contributed by atoms with Gasteiger partial charge in [-0.2, -0.15) is 0 Å². The van der Waals surface area contributed by atoms with E-state index >= 15 is 0 Å². The molecule has 7 heteroatoms. The maximum absolute atomic E-state index is 11.7. The molecule has 98 valence electrons. The van der Waals surface area contributed by atoms with Crippen molar-refractivity contribution in [2.75, 3.05) is 0 Å². The Bertz CT molecular complexity index is 583. The first-order valence-corrected chi connectivity index (χ1v) is 6.36. The van der Waals surface area contributed by atoms with E-state index in [-0.39, 0.29) is 24.6 Å². The standard InChI is InChI=1S/C12H11N3O3S/c16-10(5-8-1-3-13-4-2-8)14-6-11-15-9(7-19-11)12(17)18/h1-4,7H,5-6H2,(H,14,16)(H,17,18). The SMILES string of the molecule is O=C(Cc1ccncc1)NCc1nc(C(=O)O)cs1. The third-order valence-electron chi connectivity index (χ3n) is 2.32. The number of nitrogens with one attached hydrogen (secondary N) is 1. The third-order valence-corrected chi connectivity index (χ3v) is 3.17. The van der Waals surface area contributed by atoms with E-state index in [2.05, 4.69) is 15.3 Å². The quantitative estimate of drug-likeness (QED) is 0.853. The minimum atomic E-state index is -1.06. The Kier molecular flexibility index (Phi) is 4.19. The molecule has 0 aromatic carbocycles. The molecule has 0 bridgehead atoms. The highest BCUT2D eigenvalue weighted by Crippen LogP contribution is 2.09. The summed E-state index contributed by atoms with van der Waals surface area (Å²) in [4.78, 5) is 30.1. The van der Waals surface area contributed by atoms with Crippen molar-refractivity contribution in [3.8, 4) is 0 Å². The minimum absolute atomic E-state index is 0.00313. The second kappa shape index (κ2) is 6.05. The summed E-state index contributed by atoms with van der Waals surface area (Å²) in [6.07, 6.45) is 3.52. The fraction of sp³-hybridized carbons (Fsp3) is 0.167. The number of hydrogen-bond acceptors (Lipinski definition) is 5. The fourth-order valence-electron chi connectivity index (χ4n) is 1.41. The maximum atomic E-state index is 11.7. The fourth-order valence-corrected chi connectivity index (χ4v) is 2.12. The van der Waals surface area contributed by atoms with Crippen molar-refractivity contribution in [1.29, 1.82) is 0 Å². The molecule has 2 rings (SSSR count). The zero-order chi connectivity index (χ0) is 13.7. The van der Waals surface area contributed by atoms with E-state index in [1.54, 1.807) is 24.5 Å². The van der Waals surface area contributed by atoms with Crippen LogP contribution in [-0.4, -0.2) is 27.0 Å². The van der Waals surface area contributed by atoms with Crippen LogP contribution in [0, 0.1) is 0 Å². The van der Waals surface area contributed by atoms with Gasteiger partial charge in [0.2, 0.25) is 5.91 Å². The molecule has 0 aliphatic heterocycles. The van der Waals surface area contributed by atoms with E-state index in [1.807, 2.05) is 0 Å². The molecule has 2 aromatic rings. The molecular formula is C12H11N3O3S. The first-order valence-electron chi connectivity index (χ1n) is 5.48. The van der Waals surface area contributed by atoms with Crippen LogP contribution < -0.4 is 5.32 Å². The Balaban J connectivity index is 1.84. The molecule has 0 atom stereocenters. The Morgan fingerprint density at radius 1 is 1.32 bits per heavy atom. The number of carbonyl (C=O) groups excluding carboxylic acids is 1. The molecule has 2 aromatic heterocycles. The second-order valence-electron chi connectivity index (χ2n) is 3.74. The van der Waals surface area contributed by atoms with Gasteiger partial charge in [0, 0.05) is 17.8 Å². The lowest BCUT2D eigenvalue weighted by Crippen LogP contribution is -2.24. The van der Waals surface area contributed by atoms with Crippen LogP contribution in [0.4, 0.5) is 0 Å². The molecule has 0 saturated carbocycles. The Morgan fingerprint density at radius 2 is 2.05 bits per heavy atom. The number of hydrogen-bond donors (Lipinski definition) is 2. The summed E-state index contributed by atoms with van der Waals surface area (Å²) < 4.78 is 0. The van der Waals surface area contributed by atoms with Crippen LogP contribution in [0.15, 0.2) is 29.9 Å². The van der Waals surface area contributed by atoms with Crippen molar-refractivity contribution in [1.82, 2.24) is 15.3 Å². The van der Waals surface area contributed by atoms with E-state index in [4.69, 9.17) is 5.11 Å². The number of carboxylic acid groups (broad SMARTS) is 1. The summed E-state index contributed by atoms with van der Waals surface area (Å²) in [5.41, 5.74) is 0.876. The van der Waals surface area contributed by atoms with Gasteiger partial charge in [-0.15, -0.1) is 11.3 Å². The molecule has 0 unspecified atom stereocenters. The van der Waals surface area contributed by atoms with Crippen LogP contribution in [0.3, 0.4) is 0 Å². The summed E-state index contributed by atoms with van der Waals surface area (Å²) in [7, 11) is 0. The number of thiazole rings is 1. The van der Waals surface area contributed by atoms with Gasteiger partial charge in [0.05, 0.1) is 13.0 Å². The topological polar surface area (TPSA) is 92.2 Å². The zero-order valence-corrected chi connectivity index (χ0v) is 10.7. The van der Waals surface area contributed by atoms with Gasteiger partial charge in [0.1, 0.15) is 5.01 Å². The molecule has 6 nitrogen and oxygen atoms in total. The first kappa shape index (κ1) is 13.2. The van der Waals surface area contributed by atoms with Crippen LogP contribution in [0.1, 0.15) is 21.1 Å². The summed E-state index contributed by atoms with van der Waals surface area (Å²) in [6, 6.07) is 3.54. The number of rotatable bonds is 5. The Hall–Kier alpha value is -2.28. The summed E-state index contributed by atoms with van der Waals surface area (Å²) in [5.74, 6) is -1.20. The van der Waals surface area contributed by atoms with Crippen LogP contribution in [-0.2, 0) is 17.8 Å². The molecule has 0 aliphatic carbocycles. The molecule has 0 spiro atoms. The number of aromatic nitrogens is 2. The average molecular weight is 277 g/mol. The number of carbonyl (C=O) groups is 2. The van der Waals surface area contributed by atoms with Gasteiger partial charge in [-0.3, -0.25) is 9.78 Å². The van der Waals surface area contributed by atoms with E-state index in [1.165, 1.54) is 16.7 Å². The molecular weight excluding hydrogens is 266 g/mol. The molecule has 1 amide bonds. The Morgan fingerprint density at radius 3 is 2.68 bits per heavy atom. The summed E-state index contributed by atoms with van der Waals surface area (Å²) >= 11 is 1.21. The number of aromatic carboxylic acids is 1.